The molecule has 0 aromatic heterocycles. The predicted molar refractivity (Wildman–Crippen MR) is 81.5 cm³/mol. The number of hydrogen-bond donors (Lipinski definition) is 1. The first kappa shape index (κ1) is 16.0. The van der Waals surface area contributed by atoms with Crippen molar-refractivity contribution in [3.8, 4) is 0 Å². The molecule has 1 aromatic rings. The van der Waals surface area contributed by atoms with Gasteiger partial charge in [-0.15, -0.1) is 11.6 Å². The van der Waals surface area contributed by atoms with Crippen molar-refractivity contribution < 1.29 is 4.79 Å². The van der Waals surface area contributed by atoms with Crippen LogP contribution in [0.15, 0.2) is 30.3 Å². The van der Waals surface area contributed by atoms with Crippen molar-refractivity contribution in [3.05, 3.63) is 35.9 Å². The van der Waals surface area contributed by atoms with Gasteiger partial charge in [-0.25, -0.2) is 0 Å². The van der Waals surface area contributed by atoms with E-state index in [1.807, 2.05) is 18.2 Å². The van der Waals surface area contributed by atoms with Crippen molar-refractivity contribution in [3.63, 3.8) is 0 Å². The van der Waals surface area contributed by atoms with Gasteiger partial charge < -0.3 is 5.32 Å². The lowest BCUT2D eigenvalue weighted by Gasteiger charge is -2.18. The van der Waals surface area contributed by atoms with Crippen molar-refractivity contribution >= 4 is 17.5 Å². The summed E-state index contributed by atoms with van der Waals surface area (Å²) in [5, 5.41) is 3.01. The average molecular weight is 282 g/mol. The summed E-state index contributed by atoms with van der Waals surface area (Å²) in [5.74, 6) is 1.15. The monoisotopic (exact) mass is 281 g/mol. The van der Waals surface area contributed by atoms with Crippen LogP contribution in [0.1, 0.15) is 38.7 Å². The van der Waals surface area contributed by atoms with E-state index in [4.69, 9.17) is 11.6 Å². The zero-order chi connectivity index (χ0) is 14.1. The molecule has 1 amide bonds. The molecule has 19 heavy (non-hydrogen) atoms. The number of nitrogens with one attached hydrogen (secondary N) is 1. The van der Waals surface area contributed by atoms with Gasteiger partial charge >= 0.3 is 0 Å². The average Bonchev–Trinajstić information content (AvgIpc) is 2.38. The van der Waals surface area contributed by atoms with Crippen LogP contribution in [0, 0.1) is 5.92 Å². The van der Waals surface area contributed by atoms with E-state index in [0.717, 1.165) is 19.3 Å². The summed E-state index contributed by atoms with van der Waals surface area (Å²) in [4.78, 5) is 11.8. The van der Waals surface area contributed by atoms with Crippen molar-refractivity contribution in [1.82, 2.24) is 5.32 Å². The van der Waals surface area contributed by atoms with Crippen molar-refractivity contribution in [2.45, 2.75) is 45.6 Å². The SMILES string of the molecule is CC(C)CC(CCl)NC(=O)CCCc1ccccc1. The normalized spacial score (nSPS) is 12.4. The van der Waals surface area contributed by atoms with Crippen LogP contribution in [-0.2, 0) is 11.2 Å². The van der Waals surface area contributed by atoms with Gasteiger partial charge in [0.05, 0.1) is 0 Å². The van der Waals surface area contributed by atoms with Crippen LogP contribution in [0.5, 0.6) is 0 Å². The van der Waals surface area contributed by atoms with E-state index < -0.39 is 0 Å². The Labute approximate surface area is 121 Å². The van der Waals surface area contributed by atoms with Crippen LogP contribution in [0.25, 0.3) is 0 Å². The van der Waals surface area contributed by atoms with Gasteiger partial charge in [0, 0.05) is 18.3 Å². The Morgan fingerprint density at radius 3 is 2.53 bits per heavy atom. The molecule has 0 saturated heterocycles. The number of benzene rings is 1. The van der Waals surface area contributed by atoms with Gasteiger partial charge in [-0.05, 0) is 30.7 Å². The molecule has 0 saturated carbocycles. The second-order valence-electron chi connectivity index (χ2n) is 5.39. The molecule has 0 fully saturated rings. The maximum absolute atomic E-state index is 11.8. The van der Waals surface area contributed by atoms with E-state index in [0.29, 0.717) is 18.2 Å². The van der Waals surface area contributed by atoms with Gasteiger partial charge in [0.25, 0.3) is 0 Å². The highest BCUT2D eigenvalue weighted by molar-refractivity contribution is 6.18. The van der Waals surface area contributed by atoms with Crippen LogP contribution in [0.4, 0.5) is 0 Å². The second-order valence-corrected chi connectivity index (χ2v) is 5.70. The fourth-order valence-corrected chi connectivity index (χ4v) is 2.33. The fourth-order valence-electron chi connectivity index (χ4n) is 2.13. The number of halogens is 1. The van der Waals surface area contributed by atoms with E-state index in [9.17, 15) is 4.79 Å². The molecule has 1 rings (SSSR count). The Bertz CT molecular complexity index is 364. The molecule has 1 atom stereocenters. The molecule has 0 bridgehead atoms. The predicted octanol–water partition coefficient (Wildman–Crippen LogP) is 3.78. The lowest BCUT2D eigenvalue weighted by molar-refractivity contribution is -0.121. The topological polar surface area (TPSA) is 29.1 Å². The molecule has 1 N–H and O–H groups in total. The summed E-state index contributed by atoms with van der Waals surface area (Å²) in [6.45, 7) is 4.28. The highest BCUT2D eigenvalue weighted by Crippen LogP contribution is 2.08. The third kappa shape index (κ3) is 7.22. The van der Waals surface area contributed by atoms with Gasteiger partial charge in [0.15, 0.2) is 0 Å². The number of aryl methyl sites for hydroxylation is 1. The number of rotatable bonds is 8. The summed E-state index contributed by atoms with van der Waals surface area (Å²) >= 11 is 5.87. The summed E-state index contributed by atoms with van der Waals surface area (Å²) < 4.78 is 0. The molecule has 2 nitrogen and oxygen atoms in total. The van der Waals surface area contributed by atoms with Crippen LogP contribution in [-0.4, -0.2) is 17.8 Å². The van der Waals surface area contributed by atoms with Gasteiger partial charge in [-0.3, -0.25) is 4.79 Å². The zero-order valence-corrected chi connectivity index (χ0v) is 12.6. The number of hydrogen-bond acceptors (Lipinski definition) is 1. The minimum atomic E-state index is 0.103. The first-order valence-electron chi connectivity index (χ1n) is 7.01. The number of alkyl halides is 1. The maximum atomic E-state index is 11.8. The molecular weight excluding hydrogens is 258 g/mol. The number of carbonyl (C=O) groups excluding carboxylic acids is 1. The Balaban J connectivity index is 2.23. The van der Waals surface area contributed by atoms with E-state index in [1.165, 1.54) is 5.56 Å². The summed E-state index contributed by atoms with van der Waals surface area (Å²) in [7, 11) is 0. The molecule has 0 radical (unpaired) electrons. The lowest BCUT2D eigenvalue weighted by atomic mass is 10.0. The standard InChI is InChI=1S/C16H24ClNO/c1-13(2)11-15(12-17)18-16(19)10-6-9-14-7-4-3-5-8-14/h3-5,7-8,13,15H,6,9-12H2,1-2H3,(H,18,19). The highest BCUT2D eigenvalue weighted by Gasteiger charge is 2.12. The quantitative estimate of drug-likeness (QED) is 0.722. The third-order valence-electron chi connectivity index (χ3n) is 3.02. The van der Waals surface area contributed by atoms with Crippen molar-refractivity contribution in [1.29, 1.82) is 0 Å². The molecule has 0 aliphatic rings. The van der Waals surface area contributed by atoms with Crippen molar-refractivity contribution in [2.24, 2.45) is 5.92 Å². The van der Waals surface area contributed by atoms with Gasteiger partial charge in [-0.2, -0.15) is 0 Å². The minimum Gasteiger partial charge on any atom is -0.352 e. The Hall–Kier alpha value is -1.02. The minimum absolute atomic E-state index is 0.103. The van der Waals surface area contributed by atoms with Gasteiger partial charge in [-0.1, -0.05) is 44.2 Å². The molecule has 106 valence electrons. The molecule has 0 spiro atoms. The smallest absolute Gasteiger partial charge is 0.220 e. The Kier molecular flexibility index (Phi) is 7.57. The van der Waals surface area contributed by atoms with E-state index >= 15 is 0 Å². The zero-order valence-electron chi connectivity index (χ0n) is 11.9. The Morgan fingerprint density at radius 1 is 1.26 bits per heavy atom. The highest BCUT2D eigenvalue weighted by atomic mass is 35.5. The maximum Gasteiger partial charge on any atom is 0.220 e. The van der Waals surface area contributed by atoms with Crippen LogP contribution in [0.3, 0.4) is 0 Å². The number of carbonyl (C=O) groups is 1. The van der Waals surface area contributed by atoms with Crippen LogP contribution < -0.4 is 5.32 Å². The summed E-state index contributed by atoms with van der Waals surface area (Å²) in [6, 6.07) is 10.4. The summed E-state index contributed by atoms with van der Waals surface area (Å²) in [6.07, 6.45) is 3.34. The molecule has 1 unspecified atom stereocenters. The van der Waals surface area contributed by atoms with Crippen LogP contribution in [0.2, 0.25) is 0 Å². The van der Waals surface area contributed by atoms with Crippen molar-refractivity contribution in [2.75, 3.05) is 5.88 Å². The Morgan fingerprint density at radius 2 is 1.95 bits per heavy atom. The lowest BCUT2D eigenvalue weighted by Crippen LogP contribution is -2.37. The first-order valence-corrected chi connectivity index (χ1v) is 7.54. The van der Waals surface area contributed by atoms with Gasteiger partial charge in [0.2, 0.25) is 5.91 Å². The molecular formula is C16H24ClNO. The molecule has 0 heterocycles. The molecule has 0 aliphatic carbocycles. The third-order valence-corrected chi connectivity index (χ3v) is 3.39. The molecule has 0 aliphatic heterocycles. The first-order chi connectivity index (χ1) is 9.11. The van der Waals surface area contributed by atoms with Gasteiger partial charge in [0.1, 0.15) is 0 Å². The van der Waals surface area contributed by atoms with E-state index in [-0.39, 0.29) is 11.9 Å². The summed E-state index contributed by atoms with van der Waals surface area (Å²) in [5.41, 5.74) is 1.28. The van der Waals surface area contributed by atoms with E-state index in [1.54, 1.807) is 0 Å². The van der Waals surface area contributed by atoms with E-state index in [2.05, 4.69) is 31.3 Å². The van der Waals surface area contributed by atoms with Crippen LogP contribution >= 0.6 is 11.6 Å². The fraction of sp³-hybridized carbons (Fsp3) is 0.562. The molecule has 1 aromatic carbocycles. The second kappa shape index (κ2) is 8.98. The number of amides is 1. The largest absolute Gasteiger partial charge is 0.352 e. The molecule has 3 heteroatoms.